The molecule has 0 bridgehead atoms. The summed E-state index contributed by atoms with van der Waals surface area (Å²) in [5, 5.41) is 2.61. The number of carbonyl (C=O) groups is 1. The number of carbonyl (C=O) groups excluding carboxylic acids is 1. The number of anilines is 2. The predicted octanol–water partition coefficient (Wildman–Crippen LogP) is 1.90. The molecule has 0 spiro atoms. The van der Waals surface area contributed by atoms with Gasteiger partial charge in [0.25, 0.3) is 0 Å². The highest BCUT2D eigenvalue weighted by Crippen LogP contribution is 2.23. The van der Waals surface area contributed by atoms with Gasteiger partial charge in [0.05, 0.1) is 36.7 Å². The average Bonchev–Trinajstić information content (AvgIpc) is 2.82. The summed E-state index contributed by atoms with van der Waals surface area (Å²) in [6.07, 6.45) is 1.87. The van der Waals surface area contributed by atoms with Crippen molar-refractivity contribution in [3.8, 4) is 5.75 Å². The number of rotatable bonds is 10. The first-order chi connectivity index (χ1) is 16.1. The van der Waals surface area contributed by atoms with Crippen LogP contribution in [0.5, 0.6) is 5.75 Å². The second kappa shape index (κ2) is 11.2. The van der Waals surface area contributed by atoms with E-state index >= 15 is 0 Å². The Morgan fingerprint density at radius 1 is 1.03 bits per heavy atom. The highest BCUT2D eigenvalue weighted by atomic mass is 32.2. The Labute approximate surface area is 200 Å². The number of sulfonamides is 2. The fraction of sp³-hybridized carbons (Fsp3) is 0.409. The Morgan fingerprint density at radius 3 is 2.21 bits per heavy atom. The number of amides is 1. The van der Waals surface area contributed by atoms with Crippen molar-refractivity contribution in [3.05, 3.63) is 48.5 Å². The van der Waals surface area contributed by atoms with E-state index in [1.54, 1.807) is 24.3 Å². The zero-order valence-electron chi connectivity index (χ0n) is 19.1. The summed E-state index contributed by atoms with van der Waals surface area (Å²) in [7, 11) is -7.39. The molecule has 12 heteroatoms. The molecule has 1 N–H and O–H groups in total. The molecule has 1 amide bonds. The van der Waals surface area contributed by atoms with Crippen LogP contribution < -0.4 is 14.4 Å². The highest BCUT2D eigenvalue weighted by Gasteiger charge is 2.26. The summed E-state index contributed by atoms with van der Waals surface area (Å²) in [5.74, 6) is 0.0381. The highest BCUT2D eigenvalue weighted by molar-refractivity contribution is 7.92. The number of hydrogen-bond donors (Lipinski definition) is 1. The van der Waals surface area contributed by atoms with Crippen molar-refractivity contribution >= 4 is 37.3 Å². The lowest BCUT2D eigenvalue weighted by Gasteiger charge is -2.26. The molecule has 0 aliphatic carbocycles. The van der Waals surface area contributed by atoms with Crippen molar-refractivity contribution < 1.29 is 31.1 Å². The van der Waals surface area contributed by atoms with E-state index in [9.17, 15) is 21.6 Å². The Hall–Kier alpha value is -2.67. The summed E-state index contributed by atoms with van der Waals surface area (Å²) >= 11 is 0. The molecule has 1 aliphatic rings. The van der Waals surface area contributed by atoms with Crippen LogP contribution in [0.4, 0.5) is 11.4 Å². The maximum absolute atomic E-state index is 12.7. The lowest BCUT2D eigenvalue weighted by Crippen LogP contribution is -2.40. The van der Waals surface area contributed by atoms with E-state index in [1.807, 2.05) is 6.92 Å². The number of nitrogens with zero attached hydrogens (tertiary/aromatic N) is 2. The molecule has 0 aromatic heterocycles. The van der Waals surface area contributed by atoms with Gasteiger partial charge in [-0.2, -0.15) is 4.31 Å². The van der Waals surface area contributed by atoms with Crippen LogP contribution in [0.15, 0.2) is 53.4 Å². The summed E-state index contributed by atoms with van der Waals surface area (Å²) in [4.78, 5) is 12.7. The molecule has 1 fully saturated rings. The van der Waals surface area contributed by atoms with Crippen LogP contribution in [0.1, 0.15) is 13.3 Å². The number of benzene rings is 2. The van der Waals surface area contributed by atoms with E-state index in [2.05, 4.69) is 5.32 Å². The third kappa shape index (κ3) is 6.69. The van der Waals surface area contributed by atoms with Crippen molar-refractivity contribution in [2.24, 2.45) is 0 Å². The van der Waals surface area contributed by atoms with E-state index in [-0.39, 0.29) is 18.0 Å². The maximum Gasteiger partial charge on any atom is 0.245 e. The molecule has 0 radical (unpaired) electrons. The SMILES string of the molecule is CCCOc1ccc(N(CC(=O)Nc2ccc(S(=O)(=O)N3CCOCC3)cc2)S(C)(=O)=O)cc1. The van der Waals surface area contributed by atoms with Gasteiger partial charge in [0, 0.05) is 18.8 Å². The topological polar surface area (TPSA) is 122 Å². The summed E-state index contributed by atoms with van der Waals surface area (Å²) < 4.78 is 63.1. The standard InChI is InChI=1S/C22H29N3O7S2/c1-3-14-32-20-8-6-19(7-9-20)25(33(2,27)28)17-22(26)23-18-4-10-21(11-5-18)34(29,30)24-12-15-31-16-13-24/h4-11H,3,12-17H2,1-2H3,(H,23,26). The molecule has 1 heterocycles. The summed E-state index contributed by atoms with van der Waals surface area (Å²) in [6.45, 7) is 3.35. The normalized spacial score (nSPS) is 15.0. The number of nitrogens with one attached hydrogen (secondary N) is 1. The molecule has 0 atom stereocenters. The Kier molecular flexibility index (Phi) is 8.52. The fourth-order valence-electron chi connectivity index (χ4n) is 3.31. The zero-order valence-corrected chi connectivity index (χ0v) is 20.8. The van der Waals surface area contributed by atoms with Gasteiger partial charge < -0.3 is 14.8 Å². The second-order valence-corrected chi connectivity index (χ2v) is 11.5. The number of morpholine rings is 1. The molecule has 2 aromatic carbocycles. The molecule has 1 saturated heterocycles. The minimum Gasteiger partial charge on any atom is -0.494 e. The van der Waals surface area contributed by atoms with Gasteiger partial charge in [0.15, 0.2) is 0 Å². The van der Waals surface area contributed by atoms with Gasteiger partial charge in [-0.25, -0.2) is 16.8 Å². The third-order valence-electron chi connectivity index (χ3n) is 5.03. The summed E-state index contributed by atoms with van der Waals surface area (Å²) in [6, 6.07) is 12.2. The van der Waals surface area contributed by atoms with Gasteiger partial charge in [-0.3, -0.25) is 9.10 Å². The minimum absolute atomic E-state index is 0.107. The maximum atomic E-state index is 12.7. The third-order valence-corrected chi connectivity index (χ3v) is 8.08. The largest absolute Gasteiger partial charge is 0.494 e. The van der Waals surface area contributed by atoms with E-state index < -0.39 is 32.5 Å². The molecular weight excluding hydrogens is 482 g/mol. The number of ether oxygens (including phenoxy) is 2. The average molecular weight is 512 g/mol. The lowest BCUT2D eigenvalue weighted by molar-refractivity contribution is -0.114. The van der Waals surface area contributed by atoms with E-state index in [0.717, 1.165) is 17.0 Å². The van der Waals surface area contributed by atoms with Crippen molar-refractivity contribution in [3.63, 3.8) is 0 Å². The smallest absolute Gasteiger partial charge is 0.245 e. The summed E-state index contributed by atoms with van der Waals surface area (Å²) in [5.41, 5.74) is 0.677. The van der Waals surface area contributed by atoms with Gasteiger partial charge in [0.2, 0.25) is 26.0 Å². The molecule has 0 saturated carbocycles. The van der Waals surface area contributed by atoms with Gasteiger partial charge in [0.1, 0.15) is 12.3 Å². The van der Waals surface area contributed by atoms with Crippen molar-refractivity contribution in [1.82, 2.24) is 4.31 Å². The molecular formula is C22H29N3O7S2. The first-order valence-corrected chi connectivity index (χ1v) is 14.1. The van der Waals surface area contributed by atoms with Crippen LogP contribution >= 0.6 is 0 Å². The quantitative estimate of drug-likeness (QED) is 0.517. The fourth-order valence-corrected chi connectivity index (χ4v) is 5.57. The molecule has 2 aromatic rings. The van der Waals surface area contributed by atoms with Crippen molar-refractivity contribution in [2.45, 2.75) is 18.2 Å². The predicted molar refractivity (Wildman–Crippen MR) is 129 cm³/mol. The molecule has 3 rings (SSSR count). The van der Waals surface area contributed by atoms with Crippen LogP contribution in [0.25, 0.3) is 0 Å². The van der Waals surface area contributed by atoms with Crippen LogP contribution in [0, 0.1) is 0 Å². The van der Waals surface area contributed by atoms with E-state index in [0.29, 0.717) is 36.9 Å². The Morgan fingerprint density at radius 2 is 1.65 bits per heavy atom. The van der Waals surface area contributed by atoms with Crippen molar-refractivity contribution in [1.29, 1.82) is 0 Å². The Balaban J connectivity index is 1.67. The van der Waals surface area contributed by atoms with Gasteiger partial charge in [-0.1, -0.05) is 6.92 Å². The lowest BCUT2D eigenvalue weighted by atomic mass is 10.3. The Bertz CT molecular complexity index is 1180. The van der Waals surface area contributed by atoms with Crippen LogP contribution in [0.3, 0.4) is 0 Å². The van der Waals surface area contributed by atoms with Crippen molar-refractivity contribution in [2.75, 3.05) is 55.3 Å². The molecule has 10 nitrogen and oxygen atoms in total. The van der Waals surface area contributed by atoms with Gasteiger partial charge in [-0.05, 0) is 55.0 Å². The van der Waals surface area contributed by atoms with Crippen LogP contribution in [0.2, 0.25) is 0 Å². The van der Waals surface area contributed by atoms with Crippen LogP contribution in [-0.2, 0) is 29.6 Å². The first-order valence-electron chi connectivity index (χ1n) is 10.8. The van der Waals surface area contributed by atoms with E-state index in [4.69, 9.17) is 9.47 Å². The first kappa shape index (κ1) is 25.9. The molecule has 34 heavy (non-hydrogen) atoms. The number of hydrogen-bond acceptors (Lipinski definition) is 7. The second-order valence-electron chi connectivity index (χ2n) is 7.70. The molecule has 0 unspecified atom stereocenters. The minimum atomic E-state index is -3.74. The van der Waals surface area contributed by atoms with Gasteiger partial charge >= 0.3 is 0 Å². The van der Waals surface area contributed by atoms with Crippen LogP contribution in [-0.4, -0.2) is 72.8 Å². The monoisotopic (exact) mass is 511 g/mol. The molecule has 1 aliphatic heterocycles. The zero-order chi connectivity index (χ0) is 24.8. The molecule has 186 valence electrons. The van der Waals surface area contributed by atoms with E-state index in [1.165, 1.54) is 28.6 Å². The van der Waals surface area contributed by atoms with Gasteiger partial charge in [-0.15, -0.1) is 0 Å².